The van der Waals surface area contributed by atoms with Gasteiger partial charge < -0.3 is 12.3 Å². The Kier molecular flexibility index (Phi) is 25.3. The Labute approximate surface area is 250 Å². The van der Waals surface area contributed by atoms with Crippen molar-refractivity contribution in [2.75, 3.05) is 13.2 Å². The summed E-state index contributed by atoms with van der Waals surface area (Å²) in [5.74, 6) is -1.61. The Bertz CT molecular complexity index is 568. The SMILES string of the molecule is CCCCC(CC)COC(=O)CC(C(=O)OCC(CC)CCCC)S(=O)(=O)O.[H-].[H-].[K+].[Na+]. The number of hydrogen-bond acceptors (Lipinski definition) is 6. The number of hydrogen-bond donors (Lipinski definition) is 1. The molecular formula is C20H40KNaO7S. The fourth-order valence-electron chi connectivity index (χ4n) is 2.82. The summed E-state index contributed by atoms with van der Waals surface area (Å²) in [5, 5.41) is -1.95. The molecule has 0 heterocycles. The second-order valence-corrected chi connectivity index (χ2v) is 8.95. The molecule has 10 heteroatoms. The van der Waals surface area contributed by atoms with E-state index in [1.807, 2.05) is 13.8 Å². The molecule has 1 N–H and O–H groups in total. The summed E-state index contributed by atoms with van der Waals surface area (Å²) in [5.41, 5.74) is 0. The maximum absolute atomic E-state index is 12.2. The molecule has 0 saturated heterocycles. The zero-order chi connectivity index (χ0) is 21.6. The van der Waals surface area contributed by atoms with Crippen LogP contribution in [-0.2, 0) is 29.2 Å². The van der Waals surface area contributed by atoms with Gasteiger partial charge in [0.05, 0.1) is 19.6 Å². The minimum absolute atomic E-state index is 0. The molecule has 0 radical (unpaired) electrons. The van der Waals surface area contributed by atoms with Gasteiger partial charge in [0.2, 0.25) is 0 Å². The van der Waals surface area contributed by atoms with E-state index >= 15 is 0 Å². The summed E-state index contributed by atoms with van der Waals surface area (Å²) in [6.07, 6.45) is 6.74. The normalized spacial score (nSPS) is 13.9. The molecule has 0 fully saturated rings. The molecule has 0 aromatic carbocycles. The van der Waals surface area contributed by atoms with Crippen LogP contribution in [0.1, 0.15) is 88.3 Å². The number of carbonyl (C=O) groups is 2. The molecular weight excluding hydrogens is 446 g/mol. The third-order valence-electron chi connectivity index (χ3n) is 5.00. The van der Waals surface area contributed by atoms with Crippen molar-refractivity contribution in [2.45, 2.75) is 90.7 Å². The van der Waals surface area contributed by atoms with Crippen molar-refractivity contribution in [3.05, 3.63) is 0 Å². The van der Waals surface area contributed by atoms with E-state index in [9.17, 15) is 22.6 Å². The van der Waals surface area contributed by atoms with Crippen LogP contribution in [0.5, 0.6) is 0 Å². The number of ether oxygens (including phenoxy) is 2. The van der Waals surface area contributed by atoms with Crippen molar-refractivity contribution in [3.63, 3.8) is 0 Å². The zero-order valence-corrected chi connectivity index (χ0v) is 25.8. The van der Waals surface area contributed by atoms with Crippen LogP contribution < -0.4 is 80.9 Å². The first-order valence-electron chi connectivity index (χ1n) is 10.5. The van der Waals surface area contributed by atoms with Crippen molar-refractivity contribution >= 4 is 22.1 Å². The quantitative estimate of drug-likeness (QED) is 0.159. The molecule has 0 rings (SSSR count). The Morgan fingerprint density at radius 2 is 1.33 bits per heavy atom. The van der Waals surface area contributed by atoms with Crippen LogP contribution in [0, 0.1) is 11.8 Å². The minimum Gasteiger partial charge on any atom is -1.00 e. The maximum atomic E-state index is 12.2. The summed E-state index contributed by atoms with van der Waals surface area (Å²) in [7, 11) is -4.76. The van der Waals surface area contributed by atoms with E-state index in [4.69, 9.17) is 9.47 Å². The van der Waals surface area contributed by atoms with Gasteiger partial charge in [-0.25, -0.2) is 0 Å². The number of carbonyl (C=O) groups excluding carboxylic acids is 2. The molecule has 3 atom stereocenters. The Morgan fingerprint density at radius 1 is 0.900 bits per heavy atom. The summed E-state index contributed by atoms with van der Waals surface area (Å²) in [6, 6.07) is 0. The molecule has 0 saturated carbocycles. The fourth-order valence-corrected chi connectivity index (χ4v) is 3.48. The third-order valence-corrected chi connectivity index (χ3v) is 6.08. The van der Waals surface area contributed by atoms with Gasteiger partial charge in [0.15, 0.2) is 5.25 Å². The third kappa shape index (κ3) is 17.0. The van der Waals surface area contributed by atoms with Gasteiger partial charge >= 0.3 is 92.9 Å². The first-order valence-corrected chi connectivity index (χ1v) is 12.0. The van der Waals surface area contributed by atoms with E-state index < -0.39 is 33.7 Å². The molecule has 0 aliphatic heterocycles. The molecule has 3 unspecified atom stereocenters. The number of unbranched alkanes of at least 4 members (excludes halogenated alkanes) is 2. The second kappa shape index (κ2) is 21.0. The van der Waals surface area contributed by atoms with Gasteiger partial charge in [0.25, 0.3) is 10.1 Å². The maximum Gasteiger partial charge on any atom is 1.00 e. The Morgan fingerprint density at radius 3 is 1.70 bits per heavy atom. The summed E-state index contributed by atoms with van der Waals surface area (Å²) >= 11 is 0. The summed E-state index contributed by atoms with van der Waals surface area (Å²) < 4.78 is 42.8. The van der Waals surface area contributed by atoms with Crippen LogP contribution in [0.15, 0.2) is 0 Å². The van der Waals surface area contributed by atoms with Crippen molar-refractivity contribution in [3.8, 4) is 0 Å². The fraction of sp³-hybridized carbons (Fsp3) is 0.900. The second-order valence-electron chi connectivity index (χ2n) is 7.35. The molecule has 0 amide bonds. The number of rotatable bonds is 16. The molecule has 0 aromatic heterocycles. The first kappa shape index (κ1) is 36.1. The van der Waals surface area contributed by atoms with Gasteiger partial charge in [-0.2, -0.15) is 8.42 Å². The van der Waals surface area contributed by atoms with Crippen LogP contribution in [0.2, 0.25) is 0 Å². The molecule has 7 nitrogen and oxygen atoms in total. The Balaban J connectivity index is -0.000000607. The predicted molar refractivity (Wildman–Crippen MR) is 111 cm³/mol. The van der Waals surface area contributed by atoms with Gasteiger partial charge in [0.1, 0.15) is 0 Å². The monoisotopic (exact) mass is 486 g/mol. The first-order chi connectivity index (χ1) is 13.2. The van der Waals surface area contributed by atoms with Crippen molar-refractivity contribution in [2.24, 2.45) is 11.8 Å². The standard InChI is InChI=1S/C20H38O7S.K.Na.2H/c1-5-9-11-16(7-3)14-26-19(21)13-18(28(23,24)25)20(22)27-15-17(8-4)12-10-6-2;;;;/h16-18H,5-15H2,1-4H3,(H,23,24,25);;;;/q;2*+1;2*-1. The molecule has 0 spiro atoms. The van der Waals surface area contributed by atoms with E-state index in [0.717, 1.165) is 51.4 Å². The van der Waals surface area contributed by atoms with Gasteiger partial charge in [0, 0.05) is 0 Å². The molecule has 0 aliphatic rings. The minimum atomic E-state index is -4.76. The smallest absolute Gasteiger partial charge is 1.00 e. The average Bonchev–Trinajstić information content (AvgIpc) is 2.65. The zero-order valence-electron chi connectivity index (χ0n) is 21.8. The van der Waals surface area contributed by atoms with E-state index in [1.165, 1.54) is 0 Å². The van der Waals surface area contributed by atoms with E-state index in [2.05, 4.69) is 13.8 Å². The van der Waals surface area contributed by atoms with Crippen molar-refractivity contribution in [1.29, 1.82) is 0 Å². The average molecular weight is 487 g/mol. The molecule has 0 aromatic rings. The van der Waals surface area contributed by atoms with E-state index in [-0.39, 0.29) is 109 Å². The predicted octanol–water partition coefficient (Wildman–Crippen LogP) is -1.61. The van der Waals surface area contributed by atoms with Crippen molar-refractivity contribution < 1.29 is 116 Å². The van der Waals surface area contributed by atoms with Crippen LogP contribution in [0.4, 0.5) is 0 Å². The Hall–Kier alpha value is 1.49. The molecule has 0 bridgehead atoms. The molecule has 30 heavy (non-hydrogen) atoms. The van der Waals surface area contributed by atoms with Crippen LogP contribution >= 0.6 is 0 Å². The van der Waals surface area contributed by atoms with E-state index in [0.29, 0.717) is 0 Å². The van der Waals surface area contributed by atoms with E-state index in [1.54, 1.807) is 0 Å². The van der Waals surface area contributed by atoms with Gasteiger partial charge in [-0.15, -0.1) is 0 Å². The summed E-state index contributed by atoms with van der Waals surface area (Å²) in [6.45, 7) is 8.35. The van der Waals surface area contributed by atoms with Crippen molar-refractivity contribution in [1.82, 2.24) is 0 Å². The van der Waals surface area contributed by atoms with Crippen LogP contribution in [0.25, 0.3) is 0 Å². The van der Waals surface area contributed by atoms with Crippen LogP contribution in [0.3, 0.4) is 0 Å². The number of esters is 2. The van der Waals surface area contributed by atoms with Gasteiger partial charge in [-0.1, -0.05) is 66.2 Å². The summed E-state index contributed by atoms with van der Waals surface area (Å²) in [4.78, 5) is 24.2. The topological polar surface area (TPSA) is 107 Å². The van der Waals surface area contributed by atoms with Crippen LogP contribution in [-0.4, -0.2) is 43.4 Å². The van der Waals surface area contributed by atoms with Gasteiger partial charge in [-0.05, 0) is 24.7 Å². The molecule has 170 valence electrons. The largest absolute Gasteiger partial charge is 1.00 e. The molecule has 0 aliphatic carbocycles. The van der Waals surface area contributed by atoms with Gasteiger partial charge in [-0.3, -0.25) is 14.1 Å².